The van der Waals surface area contributed by atoms with E-state index >= 15 is 0 Å². The van der Waals surface area contributed by atoms with E-state index in [0.29, 0.717) is 11.3 Å². The summed E-state index contributed by atoms with van der Waals surface area (Å²) < 4.78 is 0. The molecule has 0 saturated heterocycles. The number of hydrogen-bond donors (Lipinski definition) is 3. The summed E-state index contributed by atoms with van der Waals surface area (Å²) in [6.45, 7) is 5.73. The van der Waals surface area contributed by atoms with E-state index in [0.717, 1.165) is 28.1 Å². The van der Waals surface area contributed by atoms with Crippen molar-refractivity contribution in [3.63, 3.8) is 0 Å². The lowest BCUT2D eigenvalue weighted by atomic mass is 9.94. The van der Waals surface area contributed by atoms with Crippen LogP contribution in [0, 0.1) is 13.8 Å². The van der Waals surface area contributed by atoms with Crippen LogP contribution in [0.4, 0.5) is 16.2 Å². The van der Waals surface area contributed by atoms with E-state index in [9.17, 15) is 9.59 Å². The molecule has 1 aliphatic heterocycles. The van der Waals surface area contributed by atoms with Crippen LogP contribution >= 0.6 is 0 Å². The van der Waals surface area contributed by atoms with Gasteiger partial charge < -0.3 is 20.9 Å². The highest BCUT2D eigenvalue weighted by atomic mass is 16.2. The van der Waals surface area contributed by atoms with Gasteiger partial charge in [-0.05, 0) is 55.7 Å². The third kappa shape index (κ3) is 3.86. The molecule has 2 aromatic carbocycles. The third-order valence-electron chi connectivity index (χ3n) is 5.11. The van der Waals surface area contributed by atoms with Gasteiger partial charge in [-0.2, -0.15) is 0 Å². The molecule has 0 radical (unpaired) electrons. The number of urea groups is 1. The van der Waals surface area contributed by atoms with E-state index in [1.54, 1.807) is 6.92 Å². The number of carbonyl (C=O) groups excluding carboxylic acids is 2. The average Bonchev–Trinajstić information content (AvgIpc) is 2.64. The fourth-order valence-electron chi connectivity index (χ4n) is 3.29. The van der Waals surface area contributed by atoms with Crippen LogP contribution in [-0.2, 0) is 4.79 Å². The Kier molecular flexibility index (Phi) is 5.40. The molecule has 0 unspecified atom stereocenters. The van der Waals surface area contributed by atoms with E-state index in [-0.39, 0.29) is 11.9 Å². The number of amides is 3. The molecule has 3 amide bonds. The first kappa shape index (κ1) is 19.5. The lowest BCUT2D eigenvalue weighted by molar-refractivity contribution is -0.113. The molecule has 0 aromatic heterocycles. The molecule has 1 aliphatic rings. The Balaban J connectivity index is 1.95. The first-order chi connectivity index (χ1) is 13.3. The van der Waals surface area contributed by atoms with Crippen LogP contribution in [0.25, 0.3) is 0 Å². The minimum absolute atomic E-state index is 0.236. The molecule has 6 nitrogen and oxygen atoms in total. The van der Waals surface area contributed by atoms with Gasteiger partial charge in [0.15, 0.2) is 0 Å². The van der Waals surface area contributed by atoms with E-state index in [1.807, 2.05) is 75.3 Å². The van der Waals surface area contributed by atoms with Gasteiger partial charge in [-0.1, -0.05) is 24.3 Å². The van der Waals surface area contributed by atoms with Gasteiger partial charge >= 0.3 is 6.03 Å². The lowest BCUT2D eigenvalue weighted by Crippen LogP contribution is -2.46. The van der Waals surface area contributed by atoms with Crippen molar-refractivity contribution >= 4 is 23.3 Å². The topological polar surface area (TPSA) is 73.5 Å². The quantitative estimate of drug-likeness (QED) is 0.761. The van der Waals surface area contributed by atoms with Crippen molar-refractivity contribution < 1.29 is 9.59 Å². The molecule has 3 rings (SSSR count). The first-order valence-corrected chi connectivity index (χ1v) is 9.21. The smallest absolute Gasteiger partial charge is 0.319 e. The predicted molar refractivity (Wildman–Crippen MR) is 112 cm³/mol. The minimum atomic E-state index is -0.518. The van der Waals surface area contributed by atoms with E-state index in [4.69, 9.17) is 0 Å². The largest absolute Gasteiger partial charge is 0.378 e. The number of carbonyl (C=O) groups is 2. The summed E-state index contributed by atoms with van der Waals surface area (Å²) in [6, 6.07) is 12.8. The van der Waals surface area contributed by atoms with Crippen molar-refractivity contribution in [2.45, 2.75) is 26.8 Å². The molecule has 28 heavy (non-hydrogen) atoms. The van der Waals surface area contributed by atoms with Crippen LogP contribution < -0.4 is 20.9 Å². The Hall–Kier alpha value is -3.28. The van der Waals surface area contributed by atoms with Gasteiger partial charge in [-0.3, -0.25) is 4.79 Å². The Morgan fingerprint density at radius 2 is 1.71 bits per heavy atom. The normalized spacial score (nSPS) is 16.3. The zero-order valence-corrected chi connectivity index (χ0v) is 16.9. The standard InChI is InChI=1S/C22H26N4O2/c1-13-7-6-8-18(14(13)2)24-21(27)19-15(3)23-22(28)25-20(19)16-9-11-17(12-10-16)26(4)5/h6-12,20H,1-5H3,(H,24,27)(H2,23,25,28)/t20-/m1/s1. The van der Waals surface area contributed by atoms with E-state index in [2.05, 4.69) is 16.0 Å². The van der Waals surface area contributed by atoms with Crippen molar-refractivity contribution in [2.75, 3.05) is 24.3 Å². The number of allylic oxidation sites excluding steroid dienone is 1. The first-order valence-electron chi connectivity index (χ1n) is 9.21. The van der Waals surface area contributed by atoms with Gasteiger partial charge in [0.2, 0.25) is 0 Å². The highest BCUT2D eigenvalue weighted by molar-refractivity contribution is 6.07. The molecule has 0 fully saturated rings. The molecule has 146 valence electrons. The van der Waals surface area contributed by atoms with Gasteiger partial charge in [0, 0.05) is 31.2 Å². The summed E-state index contributed by atoms with van der Waals surface area (Å²) in [4.78, 5) is 27.2. The van der Waals surface area contributed by atoms with E-state index < -0.39 is 6.04 Å². The number of nitrogens with one attached hydrogen (secondary N) is 3. The molecule has 1 heterocycles. The second-order valence-corrected chi connectivity index (χ2v) is 7.26. The third-order valence-corrected chi connectivity index (χ3v) is 5.11. The fraction of sp³-hybridized carbons (Fsp3) is 0.273. The summed E-state index contributed by atoms with van der Waals surface area (Å²) in [5.74, 6) is -0.236. The molecule has 0 aliphatic carbocycles. The number of nitrogens with zero attached hydrogens (tertiary/aromatic N) is 1. The highest BCUT2D eigenvalue weighted by Crippen LogP contribution is 2.29. The Morgan fingerprint density at radius 1 is 1.04 bits per heavy atom. The van der Waals surface area contributed by atoms with Gasteiger partial charge in [0.1, 0.15) is 0 Å². The Labute approximate surface area is 165 Å². The number of anilines is 2. The number of hydrogen-bond acceptors (Lipinski definition) is 3. The minimum Gasteiger partial charge on any atom is -0.378 e. The van der Waals surface area contributed by atoms with Crippen LogP contribution in [0.5, 0.6) is 0 Å². The molecule has 6 heteroatoms. The molecule has 0 spiro atoms. The molecule has 1 atom stereocenters. The number of aryl methyl sites for hydroxylation is 1. The molecule has 2 aromatic rings. The van der Waals surface area contributed by atoms with Crippen molar-refractivity contribution in [2.24, 2.45) is 0 Å². The lowest BCUT2D eigenvalue weighted by Gasteiger charge is -2.29. The zero-order chi connectivity index (χ0) is 20.4. The Bertz CT molecular complexity index is 946. The maximum Gasteiger partial charge on any atom is 0.319 e. The summed E-state index contributed by atoms with van der Waals surface area (Å²) in [6.07, 6.45) is 0. The van der Waals surface area contributed by atoms with Crippen molar-refractivity contribution in [1.82, 2.24) is 10.6 Å². The highest BCUT2D eigenvalue weighted by Gasteiger charge is 2.31. The fourth-order valence-corrected chi connectivity index (χ4v) is 3.29. The molecule has 0 bridgehead atoms. The molecule has 0 saturated carbocycles. The summed E-state index contributed by atoms with van der Waals surface area (Å²) >= 11 is 0. The summed E-state index contributed by atoms with van der Waals surface area (Å²) in [5, 5.41) is 8.58. The molecule has 3 N–H and O–H groups in total. The SMILES string of the molecule is CC1=C(C(=O)Nc2cccc(C)c2C)[C@@H](c2ccc(N(C)C)cc2)NC(=O)N1. The van der Waals surface area contributed by atoms with E-state index in [1.165, 1.54) is 0 Å². The number of benzene rings is 2. The maximum atomic E-state index is 13.1. The summed E-state index contributed by atoms with van der Waals surface area (Å²) in [5.41, 5.74) is 5.84. The van der Waals surface area contributed by atoms with Crippen LogP contribution in [0.1, 0.15) is 29.7 Å². The van der Waals surface area contributed by atoms with Crippen LogP contribution in [-0.4, -0.2) is 26.0 Å². The second-order valence-electron chi connectivity index (χ2n) is 7.26. The van der Waals surface area contributed by atoms with Gasteiger partial charge in [0.25, 0.3) is 5.91 Å². The predicted octanol–water partition coefficient (Wildman–Crippen LogP) is 3.64. The summed E-state index contributed by atoms with van der Waals surface area (Å²) in [7, 11) is 3.93. The van der Waals surface area contributed by atoms with Crippen molar-refractivity contribution in [1.29, 1.82) is 0 Å². The molecular weight excluding hydrogens is 352 g/mol. The monoisotopic (exact) mass is 378 g/mol. The van der Waals surface area contributed by atoms with Crippen LogP contribution in [0.2, 0.25) is 0 Å². The van der Waals surface area contributed by atoms with Crippen molar-refractivity contribution in [3.05, 3.63) is 70.4 Å². The Morgan fingerprint density at radius 3 is 2.36 bits per heavy atom. The second kappa shape index (κ2) is 7.76. The van der Waals surface area contributed by atoms with Crippen molar-refractivity contribution in [3.8, 4) is 0 Å². The average molecular weight is 378 g/mol. The van der Waals surface area contributed by atoms with Gasteiger partial charge in [-0.25, -0.2) is 4.79 Å². The van der Waals surface area contributed by atoms with Gasteiger partial charge in [-0.15, -0.1) is 0 Å². The van der Waals surface area contributed by atoms with Crippen LogP contribution in [0.15, 0.2) is 53.7 Å². The maximum absolute atomic E-state index is 13.1. The van der Waals surface area contributed by atoms with Gasteiger partial charge in [0.05, 0.1) is 11.6 Å². The zero-order valence-electron chi connectivity index (χ0n) is 16.9. The number of rotatable bonds is 4. The van der Waals surface area contributed by atoms with Crippen LogP contribution in [0.3, 0.4) is 0 Å². The molecular formula is C22H26N4O2.